The molecule has 0 aliphatic heterocycles. The van der Waals surface area contributed by atoms with Crippen molar-refractivity contribution in [2.45, 2.75) is 17.9 Å². The van der Waals surface area contributed by atoms with Crippen molar-refractivity contribution >= 4 is 28.0 Å². The fraction of sp³-hybridized carbons (Fsp3) is 0.133. The number of rotatable bonds is 11. The highest BCUT2D eigenvalue weighted by atomic mass is 32.2. The number of methoxy groups -OCH3 is 1. The molecular weight excluding hydrogens is 562 g/mol. The van der Waals surface area contributed by atoms with E-state index in [9.17, 15) is 22.8 Å². The average Bonchev–Trinajstić information content (AvgIpc) is 3.01. The van der Waals surface area contributed by atoms with Crippen LogP contribution in [0.4, 0.5) is 4.79 Å². The lowest BCUT2D eigenvalue weighted by molar-refractivity contribution is 0.0910. The molecule has 42 heavy (non-hydrogen) atoms. The van der Waals surface area contributed by atoms with Gasteiger partial charge in [-0.3, -0.25) is 9.59 Å². The molecule has 0 saturated carbocycles. The highest BCUT2D eigenvalue weighted by Crippen LogP contribution is 2.14. The fourth-order valence-electron chi connectivity index (χ4n) is 3.65. The van der Waals surface area contributed by atoms with E-state index < -0.39 is 22.1 Å². The molecule has 0 aliphatic carbocycles. The summed E-state index contributed by atoms with van der Waals surface area (Å²) in [5, 5.41) is 2.78. The van der Waals surface area contributed by atoms with Gasteiger partial charge in [0.2, 0.25) is 5.88 Å². The van der Waals surface area contributed by atoms with Crippen LogP contribution in [0.2, 0.25) is 0 Å². The standard InChI is InChI=1S/C30H27N3O8S/c1-39-25-12-7-21(8-13-25)17-18-31-28(34)23-9-14-26(15-10-23)42(37,38)33-29(35)24-11-16-27(32-19-24)41-30(36)40-20-22-5-3-2-4-6-22/h2-16,19H,17-18,20H2,1H3,(H,31,34)(H,33,35). The van der Waals surface area contributed by atoms with Gasteiger partial charge in [0.25, 0.3) is 21.8 Å². The predicted molar refractivity (Wildman–Crippen MR) is 152 cm³/mol. The lowest BCUT2D eigenvalue weighted by atomic mass is 10.1. The third-order valence-corrected chi connectivity index (χ3v) is 7.24. The molecule has 1 heterocycles. The maximum absolute atomic E-state index is 12.7. The third-order valence-electron chi connectivity index (χ3n) is 5.90. The quantitative estimate of drug-likeness (QED) is 0.248. The first-order chi connectivity index (χ1) is 20.2. The molecule has 0 bridgehead atoms. The minimum absolute atomic E-state index is 0.00820. The van der Waals surface area contributed by atoms with Crippen LogP contribution in [0.3, 0.4) is 0 Å². The highest BCUT2D eigenvalue weighted by molar-refractivity contribution is 7.90. The Morgan fingerprint density at radius 1 is 0.786 bits per heavy atom. The lowest BCUT2D eigenvalue weighted by Gasteiger charge is -2.09. The molecule has 0 aliphatic rings. The maximum Gasteiger partial charge on any atom is 0.515 e. The van der Waals surface area contributed by atoms with Crippen molar-refractivity contribution < 1.29 is 37.0 Å². The van der Waals surface area contributed by atoms with Crippen LogP contribution in [-0.4, -0.2) is 45.0 Å². The van der Waals surface area contributed by atoms with Crippen LogP contribution in [0.5, 0.6) is 11.6 Å². The number of hydrogen-bond donors (Lipinski definition) is 2. The van der Waals surface area contributed by atoms with E-state index in [2.05, 4.69) is 10.3 Å². The summed E-state index contributed by atoms with van der Waals surface area (Å²) in [5.41, 5.74) is 1.97. The first-order valence-corrected chi connectivity index (χ1v) is 14.1. The number of benzene rings is 3. The molecule has 0 saturated heterocycles. The van der Waals surface area contributed by atoms with E-state index in [1.54, 1.807) is 31.4 Å². The Balaban J connectivity index is 1.26. The van der Waals surface area contributed by atoms with Crippen LogP contribution >= 0.6 is 0 Å². The van der Waals surface area contributed by atoms with E-state index in [0.717, 1.165) is 23.1 Å². The molecule has 216 valence electrons. The van der Waals surface area contributed by atoms with Gasteiger partial charge in [-0.15, -0.1) is 0 Å². The van der Waals surface area contributed by atoms with Gasteiger partial charge in [0.05, 0.1) is 17.6 Å². The number of nitrogens with one attached hydrogen (secondary N) is 2. The van der Waals surface area contributed by atoms with E-state index in [-0.39, 0.29) is 34.4 Å². The first kappa shape index (κ1) is 29.7. The van der Waals surface area contributed by atoms with Crippen LogP contribution in [0, 0.1) is 0 Å². The van der Waals surface area contributed by atoms with E-state index in [1.165, 1.54) is 36.4 Å². The van der Waals surface area contributed by atoms with Crippen molar-refractivity contribution in [3.63, 3.8) is 0 Å². The zero-order valence-electron chi connectivity index (χ0n) is 22.5. The summed E-state index contributed by atoms with van der Waals surface area (Å²) in [6.45, 7) is 0.391. The molecular formula is C30H27N3O8S. The van der Waals surface area contributed by atoms with E-state index >= 15 is 0 Å². The zero-order chi connectivity index (χ0) is 30.0. The van der Waals surface area contributed by atoms with Crippen LogP contribution in [0.1, 0.15) is 31.8 Å². The molecule has 2 amide bonds. The Bertz CT molecular complexity index is 1630. The molecule has 0 radical (unpaired) electrons. The number of nitrogens with zero attached hydrogens (tertiary/aromatic N) is 1. The molecule has 4 rings (SSSR count). The highest BCUT2D eigenvalue weighted by Gasteiger charge is 2.20. The number of sulfonamides is 1. The summed E-state index contributed by atoms with van der Waals surface area (Å²) in [6, 6.07) is 24.1. The average molecular weight is 590 g/mol. The van der Waals surface area contributed by atoms with Gasteiger partial charge in [-0.25, -0.2) is 22.9 Å². The molecule has 11 nitrogen and oxygen atoms in total. The smallest absolute Gasteiger partial charge is 0.497 e. The van der Waals surface area contributed by atoms with Gasteiger partial charge in [0.1, 0.15) is 12.4 Å². The molecule has 0 fully saturated rings. The Hall–Kier alpha value is -5.23. The molecule has 1 aromatic heterocycles. The van der Waals surface area contributed by atoms with Gasteiger partial charge < -0.3 is 19.5 Å². The van der Waals surface area contributed by atoms with Crippen molar-refractivity contribution in [2.24, 2.45) is 0 Å². The number of ether oxygens (including phenoxy) is 3. The Labute approximate surface area is 242 Å². The summed E-state index contributed by atoms with van der Waals surface area (Å²) < 4.78 is 42.5. The van der Waals surface area contributed by atoms with Crippen molar-refractivity contribution in [3.8, 4) is 11.6 Å². The maximum atomic E-state index is 12.7. The summed E-state index contributed by atoms with van der Waals surface area (Å²) in [7, 11) is -2.66. The third kappa shape index (κ3) is 8.38. The second-order valence-corrected chi connectivity index (χ2v) is 10.5. The van der Waals surface area contributed by atoms with Gasteiger partial charge in [-0.2, -0.15) is 0 Å². The van der Waals surface area contributed by atoms with Gasteiger partial charge >= 0.3 is 6.16 Å². The number of pyridine rings is 1. The number of aromatic nitrogens is 1. The van der Waals surface area contributed by atoms with Crippen LogP contribution < -0.4 is 19.5 Å². The molecule has 0 unspecified atom stereocenters. The van der Waals surface area contributed by atoms with Gasteiger partial charge in [0.15, 0.2) is 0 Å². The Morgan fingerprint density at radius 2 is 1.48 bits per heavy atom. The Kier molecular flexibility index (Phi) is 9.85. The fourth-order valence-corrected chi connectivity index (χ4v) is 4.62. The minimum Gasteiger partial charge on any atom is -0.497 e. The number of carbonyl (C=O) groups excluding carboxylic acids is 3. The number of carbonyl (C=O) groups is 3. The summed E-state index contributed by atoms with van der Waals surface area (Å²) in [4.78, 5) is 40.5. The topological polar surface area (TPSA) is 150 Å². The SMILES string of the molecule is COc1ccc(CCNC(=O)c2ccc(S(=O)(=O)NC(=O)c3ccc(OC(=O)OCc4ccccc4)nc3)cc2)cc1. The van der Waals surface area contributed by atoms with Crippen LogP contribution in [0.25, 0.3) is 0 Å². The zero-order valence-corrected chi connectivity index (χ0v) is 23.3. The lowest BCUT2D eigenvalue weighted by Crippen LogP contribution is -2.31. The summed E-state index contributed by atoms with van der Waals surface area (Å²) in [6.07, 6.45) is 0.680. The first-order valence-electron chi connectivity index (χ1n) is 12.7. The van der Waals surface area contributed by atoms with Crippen molar-refractivity contribution in [1.82, 2.24) is 15.0 Å². The van der Waals surface area contributed by atoms with Crippen LogP contribution in [-0.2, 0) is 27.8 Å². The monoisotopic (exact) mass is 589 g/mol. The summed E-state index contributed by atoms with van der Waals surface area (Å²) in [5.74, 6) is -0.702. The molecule has 3 aromatic carbocycles. The number of hydrogen-bond acceptors (Lipinski definition) is 9. The van der Waals surface area contributed by atoms with E-state index in [0.29, 0.717) is 13.0 Å². The molecule has 2 N–H and O–H groups in total. The second kappa shape index (κ2) is 13.9. The molecule has 0 spiro atoms. The summed E-state index contributed by atoms with van der Waals surface area (Å²) >= 11 is 0. The van der Waals surface area contributed by atoms with Gasteiger partial charge in [0, 0.05) is 24.4 Å². The predicted octanol–water partition coefficient (Wildman–Crippen LogP) is 3.90. The molecule has 0 atom stereocenters. The Morgan fingerprint density at radius 3 is 2.12 bits per heavy atom. The second-order valence-electron chi connectivity index (χ2n) is 8.82. The van der Waals surface area contributed by atoms with E-state index in [1.807, 2.05) is 35.1 Å². The van der Waals surface area contributed by atoms with Crippen LogP contribution in [0.15, 0.2) is 102 Å². The van der Waals surface area contributed by atoms with Gasteiger partial charge in [-0.1, -0.05) is 42.5 Å². The number of amides is 2. The van der Waals surface area contributed by atoms with Gasteiger partial charge in [-0.05, 0) is 60.0 Å². The normalized spacial score (nSPS) is 10.8. The van der Waals surface area contributed by atoms with Crippen molar-refractivity contribution in [2.75, 3.05) is 13.7 Å². The van der Waals surface area contributed by atoms with Crippen molar-refractivity contribution in [1.29, 1.82) is 0 Å². The molecule has 12 heteroatoms. The largest absolute Gasteiger partial charge is 0.515 e. The minimum atomic E-state index is -4.25. The van der Waals surface area contributed by atoms with E-state index in [4.69, 9.17) is 14.2 Å². The van der Waals surface area contributed by atoms with Crippen molar-refractivity contribution in [3.05, 3.63) is 119 Å². The molecule has 4 aromatic rings.